The minimum absolute atomic E-state index is 0.0741. The van der Waals surface area contributed by atoms with Crippen molar-refractivity contribution in [2.75, 3.05) is 0 Å². The maximum atomic E-state index is 10.2. The van der Waals surface area contributed by atoms with Crippen molar-refractivity contribution in [3.8, 4) is 16.9 Å². The minimum atomic E-state index is -0.986. The van der Waals surface area contributed by atoms with Crippen LogP contribution in [0.4, 0.5) is 0 Å². The second kappa shape index (κ2) is 4.06. The quantitative estimate of drug-likeness (QED) is 0.654. The van der Waals surface area contributed by atoms with Crippen LogP contribution < -0.4 is 0 Å². The van der Waals surface area contributed by atoms with Gasteiger partial charge in [-0.1, -0.05) is 18.2 Å². The van der Waals surface area contributed by atoms with Crippen LogP contribution in [0.3, 0.4) is 0 Å². The Morgan fingerprint density at radius 3 is 1.81 bits per heavy atom. The lowest BCUT2D eigenvalue weighted by Crippen LogP contribution is -1.93. The molecular formula is C13H10O3. The van der Waals surface area contributed by atoms with Crippen LogP contribution in [0.5, 0.6) is 5.75 Å². The fraction of sp³-hybridized carbons (Fsp3) is 0. The number of aromatic carboxylic acids is 1. The Balaban J connectivity index is 0.000000134. The first-order chi connectivity index (χ1) is 7.66. The van der Waals surface area contributed by atoms with Crippen LogP contribution in [0.15, 0.2) is 48.5 Å². The first-order valence-corrected chi connectivity index (χ1v) is 4.79. The van der Waals surface area contributed by atoms with E-state index in [1.54, 1.807) is 0 Å². The Bertz CT molecular complexity index is 498. The van der Waals surface area contributed by atoms with Gasteiger partial charge in [-0.2, -0.15) is 0 Å². The number of fused-ring (bicyclic) bond motifs is 1. The highest BCUT2D eigenvalue weighted by molar-refractivity contribution is 5.87. The largest absolute Gasteiger partial charge is 0.508 e. The van der Waals surface area contributed by atoms with Crippen molar-refractivity contribution in [3.05, 3.63) is 54.1 Å². The van der Waals surface area contributed by atoms with Crippen molar-refractivity contribution >= 4 is 5.97 Å². The molecule has 0 radical (unpaired) electrons. The Morgan fingerprint density at radius 1 is 0.938 bits per heavy atom. The summed E-state index contributed by atoms with van der Waals surface area (Å²) in [7, 11) is 0. The Morgan fingerprint density at radius 2 is 1.50 bits per heavy atom. The summed E-state index contributed by atoms with van der Waals surface area (Å²) in [5, 5.41) is 17.1. The zero-order valence-corrected chi connectivity index (χ0v) is 8.42. The van der Waals surface area contributed by atoms with E-state index in [9.17, 15) is 4.79 Å². The number of phenolic OH excluding ortho intramolecular Hbond substituents is 1. The van der Waals surface area contributed by atoms with Gasteiger partial charge in [-0.25, -0.2) is 4.79 Å². The molecule has 3 nitrogen and oxygen atoms in total. The maximum absolute atomic E-state index is 10.2. The van der Waals surface area contributed by atoms with Gasteiger partial charge < -0.3 is 10.2 Å². The number of aromatic hydroxyl groups is 1. The predicted octanol–water partition coefficient (Wildman–Crippen LogP) is 2.76. The number of carboxylic acid groups (broad SMARTS) is 1. The van der Waals surface area contributed by atoms with Crippen molar-refractivity contribution in [2.45, 2.75) is 0 Å². The van der Waals surface area contributed by atoms with Gasteiger partial charge in [0.05, 0.1) is 5.56 Å². The van der Waals surface area contributed by atoms with Crippen molar-refractivity contribution < 1.29 is 15.0 Å². The molecule has 2 aliphatic rings. The molecule has 0 spiro atoms. The molecule has 1 aromatic carbocycles. The Kier molecular flexibility index (Phi) is 2.60. The molecule has 3 heteroatoms. The molecule has 0 heterocycles. The van der Waals surface area contributed by atoms with Crippen LogP contribution >= 0.6 is 0 Å². The summed E-state index contributed by atoms with van der Waals surface area (Å²) in [5.41, 5.74) is 3.03. The molecule has 0 aromatic heterocycles. The number of hydrogen-bond acceptors (Lipinski definition) is 2. The van der Waals surface area contributed by atoms with E-state index < -0.39 is 5.97 Å². The second-order valence-corrected chi connectivity index (χ2v) is 3.43. The van der Waals surface area contributed by atoms with Gasteiger partial charge in [0.15, 0.2) is 0 Å². The zero-order valence-electron chi connectivity index (χ0n) is 8.42. The minimum Gasteiger partial charge on any atom is -0.508 e. The van der Waals surface area contributed by atoms with Crippen molar-refractivity contribution in [1.82, 2.24) is 0 Å². The summed E-state index contributed by atoms with van der Waals surface area (Å²) in [4.78, 5) is 10.2. The van der Waals surface area contributed by atoms with Gasteiger partial charge in [0.25, 0.3) is 0 Å². The van der Waals surface area contributed by atoms with Gasteiger partial charge in [0.1, 0.15) is 5.75 Å². The molecule has 0 saturated carbocycles. The average molecular weight is 214 g/mol. The molecule has 0 aliphatic heterocycles. The van der Waals surface area contributed by atoms with E-state index in [0.29, 0.717) is 0 Å². The first kappa shape index (κ1) is 10.2. The van der Waals surface area contributed by atoms with Gasteiger partial charge in [0, 0.05) is 0 Å². The standard InChI is InChI=1S/C7H6O3.C6H4/c8-6-3-1-5(2-4-6)7(9)10;1-2-5-4-6(5)3-1/h1-4,8H,(H,9,10);1-4H. The summed E-state index contributed by atoms with van der Waals surface area (Å²) in [5.74, 6) is -0.912. The van der Waals surface area contributed by atoms with Crippen LogP contribution in [0, 0.1) is 0 Å². The smallest absolute Gasteiger partial charge is 0.335 e. The lowest BCUT2D eigenvalue weighted by molar-refractivity contribution is 0.0697. The molecule has 0 bridgehead atoms. The third kappa shape index (κ3) is 2.39. The SMILES string of the molecule is O=C(O)c1ccc(O)cc1.c1cc2cc-2c1. The zero-order chi connectivity index (χ0) is 11.5. The number of rotatable bonds is 1. The summed E-state index contributed by atoms with van der Waals surface area (Å²) >= 11 is 0. The fourth-order valence-corrected chi connectivity index (χ4v) is 1.28. The first-order valence-electron chi connectivity index (χ1n) is 4.79. The molecule has 2 N–H and O–H groups in total. The summed E-state index contributed by atoms with van der Waals surface area (Å²) in [6.45, 7) is 0. The maximum Gasteiger partial charge on any atom is 0.335 e. The topological polar surface area (TPSA) is 57.5 Å². The molecule has 0 amide bonds. The fourth-order valence-electron chi connectivity index (χ4n) is 1.28. The molecule has 2 aliphatic carbocycles. The highest BCUT2D eigenvalue weighted by Crippen LogP contribution is 2.32. The molecule has 16 heavy (non-hydrogen) atoms. The number of carbonyl (C=O) groups is 1. The number of benzene rings is 2. The molecule has 3 rings (SSSR count). The number of phenols is 1. The molecule has 80 valence electrons. The molecule has 1 aromatic rings. The van der Waals surface area contributed by atoms with E-state index >= 15 is 0 Å². The van der Waals surface area contributed by atoms with E-state index in [2.05, 4.69) is 24.3 Å². The number of hydrogen-bond donors (Lipinski definition) is 2. The van der Waals surface area contributed by atoms with E-state index in [0.717, 1.165) is 0 Å². The van der Waals surface area contributed by atoms with E-state index in [-0.39, 0.29) is 11.3 Å². The lowest BCUT2D eigenvalue weighted by atomic mass is 10.2. The third-order valence-electron chi connectivity index (χ3n) is 2.23. The molecular weight excluding hydrogens is 204 g/mol. The van der Waals surface area contributed by atoms with Crippen LogP contribution in [-0.2, 0) is 0 Å². The average Bonchev–Trinajstić information content (AvgIpc) is 2.87. The van der Waals surface area contributed by atoms with Crippen LogP contribution in [0.1, 0.15) is 10.4 Å². The van der Waals surface area contributed by atoms with Crippen LogP contribution in [0.25, 0.3) is 11.1 Å². The number of carboxylic acids is 1. The lowest BCUT2D eigenvalue weighted by Gasteiger charge is -1.92. The molecule has 0 atom stereocenters. The second-order valence-electron chi connectivity index (χ2n) is 3.43. The van der Waals surface area contributed by atoms with Gasteiger partial charge >= 0.3 is 5.97 Å². The van der Waals surface area contributed by atoms with Crippen molar-refractivity contribution in [2.24, 2.45) is 0 Å². The van der Waals surface area contributed by atoms with Crippen molar-refractivity contribution in [3.63, 3.8) is 0 Å². The molecule has 0 unspecified atom stereocenters. The van der Waals surface area contributed by atoms with Gasteiger partial charge in [-0.3, -0.25) is 0 Å². The van der Waals surface area contributed by atoms with Gasteiger partial charge in [-0.05, 0) is 41.5 Å². The summed E-state index contributed by atoms with van der Waals surface area (Å²) in [6, 6.07) is 13.8. The van der Waals surface area contributed by atoms with Crippen LogP contribution in [0.2, 0.25) is 0 Å². The highest BCUT2D eigenvalue weighted by atomic mass is 16.4. The summed E-state index contributed by atoms with van der Waals surface area (Å²) in [6.07, 6.45) is 0. The highest BCUT2D eigenvalue weighted by Gasteiger charge is 2.06. The van der Waals surface area contributed by atoms with E-state index in [1.165, 1.54) is 35.4 Å². The molecule has 0 saturated heterocycles. The predicted molar refractivity (Wildman–Crippen MR) is 60.5 cm³/mol. The van der Waals surface area contributed by atoms with Gasteiger partial charge in [-0.15, -0.1) is 0 Å². The van der Waals surface area contributed by atoms with Crippen LogP contribution in [-0.4, -0.2) is 16.2 Å². The molecule has 0 fully saturated rings. The third-order valence-corrected chi connectivity index (χ3v) is 2.23. The van der Waals surface area contributed by atoms with Gasteiger partial charge in [0.2, 0.25) is 0 Å². The van der Waals surface area contributed by atoms with E-state index in [4.69, 9.17) is 10.2 Å². The normalized spacial score (nSPS) is 10.0. The summed E-state index contributed by atoms with van der Waals surface area (Å²) < 4.78 is 0. The van der Waals surface area contributed by atoms with Crippen molar-refractivity contribution in [1.29, 1.82) is 0 Å². The Labute approximate surface area is 92.6 Å². The Hall–Kier alpha value is -2.29. The monoisotopic (exact) mass is 214 g/mol. The van der Waals surface area contributed by atoms with E-state index in [1.807, 2.05) is 0 Å².